The molecule has 0 aliphatic heterocycles. The van der Waals surface area contributed by atoms with E-state index in [2.05, 4.69) is 29.2 Å². The zero-order chi connectivity index (χ0) is 15.0. The maximum atomic E-state index is 10.8. The molecule has 0 radical (unpaired) electrons. The van der Waals surface area contributed by atoms with Gasteiger partial charge >= 0.3 is 6.09 Å². The maximum Gasteiger partial charge on any atom is 0.409 e. The van der Waals surface area contributed by atoms with E-state index in [1.54, 1.807) is 6.20 Å². The lowest BCUT2D eigenvalue weighted by Gasteiger charge is -2.03. The van der Waals surface area contributed by atoms with Gasteiger partial charge in [0.05, 0.1) is 11.9 Å². The van der Waals surface area contributed by atoms with Crippen LogP contribution in [0.4, 0.5) is 10.5 Å². The molecular formula is C15H16N4O2. The van der Waals surface area contributed by atoms with Gasteiger partial charge in [0.1, 0.15) is 0 Å². The summed E-state index contributed by atoms with van der Waals surface area (Å²) in [5.41, 5.74) is 3.45. The van der Waals surface area contributed by atoms with Crippen molar-refractivity contribution in [1.29, 1.82) is 0 Å². The second kappa shape index (κ2) is 4.97. The average Bonchev–Trinajstić information content (AvgIpc) is 3.05. The molecule has 0 atom stereocenters. The number of nitrogens with one attached hydrogen (secondary N) is 2. The van der Waals surface area contributed by atoms with Crippen LogP contribution in [0.1, 0.15) is 19.9 Å². The fourth-order valence-corrected chi connectivity index (χ4v) is 2.29. The van der Waals surface area contributed by atoms with Crippen LogP contribution in [0.3, 0.4) is 0 Å². The number of aromatic amines is 1. The smallest absolute Gasteiger partial charge is 0.409 e. The van der Waals surface area contributed by atoms with Crippen LogP contribution in [-0.4, -0.2) is 26.0 Å². The number of carbonyl (C=O) groups is 1. The van der Waals surface area contributed by atoms with Crippen LogP contribution in [0, 0.1) is 0 Å². The predicted octanol–water partition coefficient (Wildman–Crippen LogP) is 3.70. The van der Waals surface area contributed by atoms with E-state index in [0.29, 0.717) is 11.7 Å². The minimum atomic E-state index is -1.08. The number of hydrogen-bond donors (Lipinski definition) is 3. The molecular weight excluding hydrogens is 268 g/mol. The van der Waals surface area contributed by atoms with Crippen molar-refractivity contribution in [3.05, 3.63) is 36.8 Å². The summed E-state index contributed by atoms with van der Waals surface area (Å²) in [6.07, 6.45) is 4.38. The first kappa shape index (κ1) is 13.2. The third kappa shape index (κ3) is 2.47. The number of benzene rings is 1. The Morgan fingerprint density at radius 2 is 2.19 bits per heavy atom. The van der Waals surface area contributed by atoms with Gasteiger partial charge in [-0.3, -0.25) is 10.00 Å². The molecule has 2 heterocycles. The minimum Gasteiger partial charge on any atom is -0.465 e. The van der Waals surface area contributed by atoms with Crippen molar-refractivity contribution >= 4 is 22.7 Å². The first-order chi connectivity index (χ1) is 10.0. The molecule has 0 aliphatic carbocycles. The topological polar surface area (TPSA) is 82.9 Å². The molecule has 0 aliphatic rings. The number of amides is 1. The first-order valence-corrected chi connectivity index (χ1v) is 6.70. The van der Waals surface area contributed by atoms with Gasteiger partial charge in [-0.1, -0.05) is 6.07 Å². The quantitative estimate of drug-likeness (QED) is 0.685. The van der Waals surface area contributed by atoms with E-state index in [-0.39, 0.29) is 0 Å². The molecule has 0 saturated carbocycles. The van der Waals surface area contributed by atoms with Crippen molar-refractivity contribution in [2.75, 3.05) is 5.32 Å². The third-order valence-corrected chi connectivity index (χ3v) is 3.39. The number of carboxylic acid groups (broad SMARTS) is 1. The molecule has 1 aromatic carbocycles. The molecule has 3 N–H and O–H groups in total. The zero-order valence-corrected chi connectivity index (χ0v) is 11.8. The molecule has 6 nitrogen and oxygen atoms in total. The number of H-pyrrole nitrogens is 1. The SMILES string of the molecule is CC(C)n1cc(-c2ccc3[nH]cc(NC(=O)O)c3c2)cn1. The van der Waals surface area contributed by atoms with Gasteiger partial charge in [0, 0.05) is 34.9 Å². The van der Waals surface area contributed by atoms with E-state index in [0.717, 1.165) is 22.0 Å². The Kier molecular flexibility index (Phi) is 3.13. The van der Waals surface area contributed by atoms with E-state index >= 15 is 0 Å². The highest BCUT2D eigenvalue weighted by Crippen LogP contribution is 2.29. The molecule has 0 fully saturated rings. The van der Waals surface area contributed by atoms with Crippen molar-refractivity contribution in [2.45, 2.75) is 19.9 Å². The molecule has 21 heavy (non-hydrogen) atoms. The van der Waals surface area contributed by atoms with Crippen LogP contribution in [-0.2, 0) is 0 Å². The van der Waals surface area contributed by atoms with E-state index in [9.17, 15) is 4.79 Å². The van der Waals surface area contributed by atoms with Crippen LogP contribution >= 0.6 is 0 Å². The molecule has 0 unspecified atom stereocenters. The normalized spacial score (nSPS) is 11.2. The first-order valence-electron chi connectivity index (χ1n) is 6.70. The Morgan fingerprint density at radius 3 is 2.86 bits per heavy atom. The highest BCUT2D eigenvalue weighted by atomic mass is 16.4. The Balaban J connectivity index is 2.04. The molecule has 6 heteroatoms. The standard InChI is InChI=1S/C15H16N4O2/c1-9(2)19-8-11(6-17-19)10-3-4-13-12(5-10)14(7-16-13)18-15(20)21/h3-9,16,18H,1-2H3,(H,20,21). The Labute approximate surface area is 121 Å². The van der Waals surface area contributed by atoms with Crippen molar-refractivity contribution in [1.82, 2.24) is 14.8 Å². The molecule has 3 aromatic rings. The van der Waals surface area contributed by atoms with Crippen molar-refractivity contribution in [2.24, 2.45) is 0 Å². The summed E-state index contributed by atoms with van der Waals surface area (Å²) in [5, 5.41) is 16.4. The number of aromatic nitrogens is 3. The van der Waals surface area contributed by atoms with E-state index in [1.807, 2.05) is 35.3 Å². The summed E-state index contributed by atoms with van der Waals surface area (Å²) < 4.78 is 1.90. The summed E-state index contributed by atoms with van der Waals surface area (Å²) in [4.78, 5) is 13.9. The van der Waals surface area contributed by atoms with Gasteiger partial charge in [0.15, 0.2) is 0 Å². The monoisotopic (exact) mass is 284 g/mol. The number of rotatable bonds is 3. The summed E-state index contributed by atoms with van der Waals surface area (Å²) in [6, 6.07) is 6.19. The van der Waals surface area contributed by atoms with Crippen LogP contribution < -0.4 is 5.32 Å². The molecule has 2 aromatic heterocycles. The average molecular weight is 284 g/mol. The highest BCUT2D eigenvalue weighted by molar-refractivity contribution is 6.00. The van der Waals surface area contributed by atoms with Gasteiger partial charge in [-0.05, 0) is 31.5 Å². The van der Waals surface area contributed by atoms with Crippen LogP contribution in [0.15, 0.2) is 36.8 Å². The second-order valence-electron chi connectivity index (χ2n) is 5.20. The summed E-state index contributed by atoms with van der Waals surface area (Å²) in [6.45, 7) is 4.14. The van der Waals surface area contributed by atoms with Crippen molar-refractivity contribution in [3.8, 4) is 11.1 Å². The van der Waals surface area contributed by atoms with Crippen LogP contribution in [0.25, 0.3) is 22.0 Å². The summed E-state index contributed by atoms with van der Waals surface area (Å²) >= 11 is 0. The predicted molar refractivity (Wildman–Crippen MR) is 81.6 cm³/mol. The van der Waals surface area contributed by atoms with Crippen LogP contribution in [0.2, 0.25) is 0 Å². The molecule has 3 rings (SSSR count). The molecule has 1 amide bonds. The second-order valence-corrected chi connectivity index (χ2v) is 5.20. The van der Waals surface area contributed by atoms with Crippen LogP contribution in [0.5, 0.6) is 0 Å². The van der Waals surface area contributed by atoms with Gasteiger partial charge in [-0.25, -0.2) is 4.79 Å². The Hall–Kier alpha value is -2.76. The number of anilines is 1. The summed E-state index contributed by atoms with van der Waals surface area (Å²) in [7, 11) is 0. The molecule has 0 bridgehead atoms. The molecule has 108 valence electrons. The molecule has 0 saturated heterocycles. The highest BCUT2D eigenvalue weighted by Gasteiger charge is 2.09. The lowest BCUT2D eigenvalue weighted by Crippen LogP contribution is -2.06. The van der Waals surface area contributed by atoms with Crippen molar-refractivity contribution < 1.29 is 9.90 Å². The van der Waals surface area contributed by atoms with Gasteiger partial charge in [0.2, 0.25) is 0 Å². The van der Waals surface area contributed by atoms with Gasteiger partial charge in [-0.15, -0.1) is 0 Å². The largest absolute Gasteiger partial charge is 0.465 e. The van der Waals surface area contributed by atoms with Crippen molar-refractivity contribution in [3.63, 3.8) is 0 Å². The minimum absolute atomic E-state index is 0.305. The van der Waals surface area contributed by atoms with E-state index < -0.39 is 6.09 Å². The Bertz CT molecular complexity index is 801. The number of nitrogens with zero attached hydrogens (tertiary/aromatic N) is 2. The lowest BCUT2D eigenvalue weighted by molar-refractivity contribution is 0.210. The molecule has 0 spiro atoms. The fourth-order valence-electron chi connectivity index (χ4n) is 2.29. The van der Waals surface area contributed by atoms with E-state index in [1.165, 1.54) is 0 Å². The maximum absolute atomic E-state index is 10.8. The van der Waals surface area contributed by atoms with E-state index in [4.69, 9.17) is 5.11 Å². The zero-order valence-electron chi connectivity index (χ0n) is 11.8. The summed E-state index contributed by atoms with van der Waals surface area (Å²) in [5.74, 6) is 0. The Morgan fingerprint density at radius 1 is 1.38 bits per heavy atom. The van der Waals surface area contributed by atoms with Gasteiger partial charge in [-0.2, -0.15) is 5.10 Å². The number of fused-ring (bicyclic) bond motifs is 1. The third-order valence-electron chi connectivity index (χ3n) is 3.39. The van der Waals surface area contributed by atoms with Gasteiger partial charge < -0.3 is 10.1 Å². The number of hydrogen-bond acceptors (Lipinski definition) is 2. The fraction of sp³-hybridized carbons (Fsp3) is 0.200. The van der Waals surface area contributed by atoms with Gasteiger partial charge in [0.25, 0.3) is 0 Å². The lowest BCUT2D eigenvalue weighted by atomic mass is 10.1.